The minimum Gasteiger partial charge on any atom is -0.497 e. The van der Waals surface area contributed by atoms with E-state index < -0.39 is 0 Å². The maximum Gasteiger partial charge on any atom is 0.185 e. The van der Waals surface area contributed by atoms with Gasteiger partial charge in [0.05, 0.1) is 14.2 Å². The topological polar surface area (TPSA) is 35.5 Å². The molecule has 0 radical (unpaired) electrons. The summed E-state index contributed by atoms with van der Waals surface area (Å²) in [5.74, 6) is 1.50. The first kappa shape index (κ1) is 15.8. The van der Waals surface area contributed by atoms with Gasteiger partial charge in [0.2, 0.25) is 0 Å². The van der Waals surface area contributed by atoms with Gasteiger partial charge in [0.15, 0.2) is 5.78 Å². The first-order valence-electron chi connectivity index (χ1n) is 7.64. The summed E-state index contributed by atoms with van der Waals surface area (Å²) in [6.07, 6.45) is 3.35. The monoisotopic (exact) mass is 318 g/mol. The van der Waals surface area contributed by atoms with Gasteiger partial charge in [-0.05, 0) is 47.2 Å². The van der Waals surface area contributed by atoms with Gasteiger partial charge in [-0.25, -0.2) is 0 Å². The van der Waals surface area contributed by atoms with Gasteiger partial charge < -0.3 is 9.47 Å². The number of ketones is 1. The summed E-state index contributed by atoms with van der Waals surface area (Å²) in [6, 6.07) is 19.0. The number of benzene rings is 3. The first-order chi connectivity index (χ1) is 11.7. The van der Waals surface area contributed by atoms with E-state index in [2.05, 4.69) is 0 Å². The average Bonchev–Trinajstić information content (AvgIpc) is 2.65. The lowest BCUT2D eigenvalue weighted by molar-refractivity contribution is 0.104. The molecule has 0 aliphatic heterocycles. The van der Waals surface area contributed by atoms with Crippen LogP contribution in [-0.4, -0.2) is 20.0 Å². The number of hydrogen-bond acceptors (Lipinski definition) is 3. The number of rotatable bonds is 5. The van der Waals surface area contributed by atoms with E-state index in [9.17, 15) is 4.79 Å². The number of fused-ring (bicyclic) bond motifs is 1. The number of carbonyl (C=O) groups is 1. The minimum absolute atomic E-state index is 0.0429. The van der Waals surface area contributed by atoms with Crippen LogP contribution in [0.15, 0.2) is 66.7 Å². The van der Waals surface area contributed by atoms with E-state index in [1.54, 1.807) is 26.4 Å². The molecule has 3 heteroatoms. The van der Waals surface area contributed by atoms with Gasteiger partial charge in [-0.15, -0.1) is 0 Å². The Balaban J connectivity index is 1.87. The van der Waals surface area contributed by atoms with E-state index >= 15 is 0 Å². The zero-order valence-electron chi connectivity index (χ0n) is 13.7. The molecule has 0 aromatic heterocycles. The van der Waals surface area contributed by atoms with Crippen LogP contribution in [0.1, 0.15) is 15.9 Å². The van der Waals surface area contributed by atoms with Gasteiger partial charge in [0.1, 0.15) is 11.5 Å². The van der Waals surface area contributed by atoms with Gasteiger partial charge in [0, 0.05) is 11.1 Å². The Morgan fingerprint density at radius 1 is 0.875 bits per heavy atom. The molecule has 3 aromatic carbocycles. The number of allylic oxidation sites excluding steroid dienone is 1. The Labute approximate surface area is 141 Å². The fourth-order valence-electron chi connectivity index (χ4n) is 2.57. The van der Waals surface area contributed by atoms with Crippen LogP contribution in [0.3, 0.4) is 0 Å². The third kappa shape index (κ3) is 3.30. The fraction of sp³-hybridized carbons (Fsp3) is 0.0952. The van der Waals surface area contributed by atoms with Crippen LogP contribution in [0.4, 0.5) is 0 Å². The van der Waals surface area contributed by atoms with Gasteiger partial charge in [-0.1, -0.05) is 36.4 Å². The largest absolute Gasteiger partial charge is 0.497 e. The lowest BCUT2D eigenvalue weighted by Crippen LogP contribution is -1.94. The Hall–Kier alpha value is -3.07. The highest BCUT2D eigenvalue weighted by Gasteiger charge is 2.05. The molecule has 0 aliphatic carbocycles. The molecule has 0 bridgehead atoms. The van der Waals surface area contributed by atoms with Gasteiger partial charge in [0.25, 0.3) is 0 Å². The minimum atomic E-state index is -0.0429. The third-order valence-corrected chi connectivity index (χ3v) is 3.89. The molecule has 0 unspecified atom stereocenters. The van der Waals surface area contributed by atoms with E-state index in [0.29, 0.717) is 5.56 Å². The number of methoxy groups -OCH3 is 2. The Bertz CT molecular complexity index is 910. The van der Waals surface area contributed by atoms with Crippen LogP contribution in [0.25, 0.3) is 16.8 Å². The molecule has 120 valence electrons. The van der Waals surface area contributed by atoms with Crippen molar-refractivity contribution in [1.29, 1.82) is 0 Å². The lowest BCUT2D eigenvalue weighted by Gasteiger charge is -2.05. The van der Waals surface area contributed by atoms with Crippen LogP contribution < -0.4 is 9.47 Å². The molecular weight excluding hydrogens is 300 g/mol. The average molecular weight is 318 g/mol. The predicted molar refractivity (Wildman–Crippen MR) is 96.9 cm³/mol. The summed E-state index contributed by atoms with van der Waals surface area (Å²) in [5, 5.41) is 2.05. The maximum absolute atomic E-state index is 12.4. The van der Waals surface area contributed by atoms with Crippen LogP contribution in [0.5, 0.6) is 11.5 Å². The summed E-state index contributed by atoms with van der Waals surface area (Å²) in [7, 11) is 3.26. The van der Waals surface area contributed by atoms with Crippen molar-refractivity contribution < 1.29 is 14.3 Å². The number of carbonyl (C=O) groups excluding carboxylic acids is 1. The first-order valence-corrected chi connectivity index (χ1v) is 7.64. The highest BCUT2D eigenvalue weighted by Crippen LogP contribution is 2.23. The SMILES string of the molecule is COc1ccc2cc(C(=O)/C=C/c3ccccc3OC)ccc2c1. The van der Waals surface area contributed by atoms with Gasteiger partial charge >= 0.3 is 0 Å². The molecule has 3 rings (SSSR count). The summed E-state index contributed by atoms with van der Waals surface area (Å²) in [5.41, 5.74) is 1.53. The van der Waals surface area contributed by atoms with Crippen molar-refractivity contribution >= 4 is 22.6 Å². The van der Waals surface area contributed by atoms with Crippen molar-refractivity contribution in [2.75, 3.05) is 14.2 Å². The number of para-hydroxylation sites is 1. The zero-order valence-corrected chi connectivity index (χ0v) is 13.7. The highest BCUT2D eigenvalue weighted by atomic mass is 16.5. The smallest absolute Gasteiger partial charge is 0.185 e. The molecule has 0 N–H and O–H groups in total. The third-order valence-electron chi connectivity index (χ3n) is 3.89. The molecular formula is C21H18O3. The van der Waals surface area contributed by atoms with Crippen molar-refractivity contribution in [2.24, 2.45) is 0 Å². The van der Waals surface area contributed by atoms with E-state index in [4.69, 9.17) is 9.47 Å². The van der Waals surface area contributed by atoms with Crippen molar-refractivity contribution in [3.63, 3.8) is 0 Å². The molecule has 0 saturated carbocycles. The van der Waals surface area contributed by atoms with Crippen molar-refractivity contribution in [3.8, 4) is 11.5 Å². The van der Waals surface area contributed by atoms with Crippen molar-refractivity contribution in [1.82, 2.24) is 0 Å². The fourth-order valence-corrected chi connectivity index (χ4v) is 2.57. The van der Waals surface area contributed by atoms with Crippen LogP contribution in [0.2, 0.25) is 0 Å². The molecule has 0 aliphatic rings. The molecule has 24 heavy (non-hydrogen) atoms. The molecule has 0 amide bonds. The molecule has 0 atom stereocenters. The van der Waals surface area contributed by atoms with Gasteiger partial charge in [-0.3, -0.25) is 4.79 Å². The van der Waals surface area contributed by atoms with Gasteiger partial charge in [-0.2, -0.15) is 0 Å². The van der Waals surface area contributed by atoms with E-state index in [1.165, 1.54) is 0 Å². The van der Waals surface area contributed by atoms with E-state index in [1.807, 2.05) is 60.7 Å². The summed E-state index contributed by atoms with van der Waals surface area (Å²) in [6.45, 7) is 0. The molecule has 0 fully saturated rings. The molecule has 3 nitrogen and oxygen atoms in total. The van der Waals surface area contributed by atoms with Crippen molar-refractivity contribution in [2.45, 2.75) is 0 Å². The Morgan fingerprint density at radius 2 is 1.62 bits per heavy atom. The normalized spacial score (nSPS) is 10.9. The standard InChI is InChI=1S/C21H18O3/c1-23-19-11-9-16-13-18(8-7-17(16)14-19)20(22)12-10-15-5-3-4-6-21(15)24-2/h3-14H,1-2H3/b12-10+. The van der Waals surface area contributed by atoms with Crippen LogP contribution in [-0.2, 0) is 0 Å². The Kier molecular flexibility index (Phi) is 4.62. The summed E-state index contributed by atoms with van der Waals surface area (Å²) < 4.78 is 10.5. The number of hydrogen-bond donors (Lipinski definition) is 0. The quantitative estimate of drug-likeness (QED) is 0.503. The second kappa shape index (κ2) is 7.01. The maximum atomic E-state index is 12.4. The van der Waals surface area contributed by atoms with Crippen molar-refractivity contribution in [3.05, 3.63) is 77.9 Å². The molecule has 0 spiro atoms. The second-order valence-corrected chi connectivity index (χ2v) is 5.37. The lowest BCUT2D eigenvalue weighted by atomic mass is 10.0. The Morgan fingerprint density at radius 3 is 2.42 bits per heavy atom. The molecule has 0 saturated heterocycles. The number of ether oxygens (including phenoxy) is 2. The summed E-state index contributed by atoms with van der Waals surface area (Å²) >= 11 is 0. The molecule has 3 aromatic rings. The van der Waals surface area contributed by atoms with E-state index in [0.717, 1.165) is 27.8 Å². The second-order valence-electron chi connectivity index (χ2n) is 5.37. The van der Waals surface area contributed by atoms with Crippen LogP contribution >= 0.6 is 0 Å². The molecule has 0 heterocycles. The summed E-state index contributed by atoms with van der Waals surface area (Å²) in [4.78, 5) is 12.4. The predicted octanol–water partition coefficient (Wildman–Crippen LogP) is 4.75. The van der Waals surface area contributed by atoms with E-state index in [-0.39, 0.29) is 5.78 Å². The van der Waals surface area contributed by atoms with Crippen LogP contribution in [0, 0.1) is 0 Å². The highest BCUT2D eigenvalue weighted by molar-refractivity contribution is 6.08. The zero-order chi connectivity index (χ0) is 16.9.